The Hall–Kier alpha value is -1.69. The number of nitrogens with zero attached hydrogens (tertiary/aromatic N) is 3. The van der Waals surface area contributed by atoms with E-state index in [9.17, 15) is 9.59 Å². The predicted molar refractivity (Wildman–Crippen MR) is 60.8 cm³/mol. The Morgan fingerprint density at radius 1 is 1.29 bits per heavy atom. The van der Waals surface area contributed by atoms with Gasteiger partial charge in [0.15, 0.2) is 5.69 Å². The Bertz CT molecular complexity index is 545. The summed E-state index contributed by atoms with van der Waals surface area (Å²) in [5.74, 6) is -0.830. The first-order chi connectivity index (χ1) is 7.93. The van der Waals surface area contributed by atoms with Crippen LogP contribution in [0.15, 0.2) is 10.7 Å². The molecular formula is C10H11ClN4O2. The molecule has 0 atom stereocenters. The number of fused-ring (bicyclic) bond motifs is 1. The molecule has 90 valence electrons. The minimum atomic E-state index is -0.433. The molecule has 17 heavy (non-hydrogen) atoms. The molecule has 1 aliphatic carbocycles. The third-order valence-corrected chi connectivity index (χ3v) is 2.70. The van der Waals surface area contributed by atoms with E-state index in [1.807, 2.05) is 13.8 Å². The minimum absolute atomic E-state index is 0.00581. The summed E-state index contributed by atoms with van der Waals surface area (Å²) in [7, 11) is 1.54. The van der Waals surface area contributed by atoms with Gasteiger partial charge in [-0.25, -0.2) is 4.68 Å². The van der Waals surface area contributed by atoms with Crippen molar-refractivity contribution in [1.82, 2.24) is 20.3 Å². The molecule has 7 heteroatoms. The maximum atomic E-state index is 12.0. The van der Waals surface area contributed by atoms with Crippen molar-refractivity contribution in [3.8, 4) is 0 Å². The van der Waals surface area contributed by atoms with E-state index in [4.69, 9.17) is 11.6 Å². The molecule has 0 fully saturated rings. The Morgan fingerprint density at radius 2 is 1.94 bits per heavy atom. The van der Waals surface area contributed by atoms with Gasteiger partial charge in [-0.2, -0.15) is 0 Å². The largest absolute Gasteiger partial charge is 0.378 e. The van der Waals surface area contributed by atoms with E-state index in [0.717, 1.165) is 0 Å². The number of rotatable bonds is 2. The fourth-order valence-electron chi connectivity index (χ4n) is 1.62. The summed E-state index contributed by atoms with van der Waals surface area (Å²) in [6, 6.07) is -0.00581. The van der Waals surface area contributed by atoms with Crippen molar-refractivity contribution in [2.45, 2.75) is 19.9 Å². The van der Waals surface area contributed by atoms with E-state index < -0.39 is 11.6 Å². The summed E-state index contributed by atoms with van der Waals surface area (Å²) in [4.78, 5) is 24.0. The molecule has 6 nitrogen and oxygen atoms in total. The van der Waals surface area contributed by atoms with Crippen LogP contribution in [-0.2, 0) is 7.05 Å². The molecule has 0 spiro atoms. The van der Waals surface area contributed by atoms with Gasteiger partial charge in [0.05, 0.1) is 0 Å². The smallest absolute Gasteiger partial charge is 0.233 e. The van der Waals surface area contributed by atoms with Gasteiger partial charge in [-0.15, -0.1) is 5.10 Å². The van der Waals surface area contributed by atoms with Crippen LogP contribution in [0, 0.1) is 0 Å². The number of carbonyl (C=O) groups excluding carboxylic acids is 2. The van der Waals surface area contributed by atoms with Gasteiger partial charge in [0.1, 0.15) is 16.4 Å². The molecule has 0 saturated carbocycles. The van der Waals surface area contributed by atoms with Gasteiger partial charge < -0.3 is 5.32 Å². The second kappa shape index (κ2) is 3.96. The number of hydrogen-bond acceptors (Lipinski definition) is 5. The van der Waals surface area contributed by atoms with Gasteiger partial charge >= 0.3 is 0 Å². The first kappa shape index (κ1) is 11.8. The second-order valence-corrected chi connectivity index (χ2v) is 4.43. The van der Waals surface area contributed by atoms with Gasteiger partial charge in [0, 0.05) is 13.1 Å². The first-order valence-corrected chi connectivity index (χ1v) is 5.46. The zero-order valence-electron chi connectivity index (χ0n) is 9.61. The molecule has 1 aliphatic rings. The molecule has 0 saturated heterocycles. The lowest BCUT2D eigenvalue weighted by molar-refractivity contribution is 0.0966. The number of carbonyl (C=O) groups is 2. The number of Topliss-reactive ketones (excluding diaryl/α,β-unsaturated/α-hetero) is 2. The first-order valence-electron chi connectivity index (χ1n) is 5.09. The van der Waals surface area contributed by atoms with Crippen LogP contribution in [0.2, 0.25) is 0 Å². The number of halogens is 1. The number of allylic oxidation sites excluding steroid dienone is 2. The van der Waals surface area contributed by atoms with Crippen LogP contribution >= 0.6 is 11.6 Å². The van der Waals surface area contributed by atoms with Crippen LogP contribution in [-0.4, -0.2) is 32.6 Å². The molecule has 0 radical (unpaired) electrons. The van der Waals surface area contributed by atoms with Crippen molar-refractivity contribution in [1.29, 1.82) is 0 Å². The predicted octanol–water partition coefficient (Wildman–Crippen LogP) is 0.642. The van der Waals surface area contributed by atoms with Crippen LogP contribution in [0.25, 0.3) is 0 Å². The molecule has 1 N–H and O–H groups in total. The van der Waals surface area contributed by atoms with Crippen LogP contribution in [0.5, 0.6) is 0 Å². The maximum Gasteiger partial charge on any atom is 0.233 e. The maximum absolute atomic E-state index is 12.0. The van der Waals surface area contributed by atoms with Gasteiger partial charge in [-0.3, -0.25) is 9.59 Å². The Kier molecular flexibility index (Phi) is 2.74. The SMILES string of the molecule is CC(C)NC1=C(Cl)C(=O)c2c(nnn2C)C1=O. The summed E-state index contributed by atoms with van der Waals surface area (Å²) in [6.07, 6.45) is 0. The standard InChI is InChI=1S/C10H11ClN4O2/c1-4(2)12-6-5(11)9(16)8-7(10(6)17)13-14-15(8)3/h4,12H,1-3H3. The van der Waals surface area contributed by atoms with Crippen LogP contribution in [0.1, 0.15) is 34.8 Å². The highest BCUT2D eigenvalue weighted by atomic mass is 35.5. The summed E-state index contributed by atoms with van der Waals surface area (Å²) in [5.41, 5.74) is 0.277. The molecule has 0 unspecified atom stereocenters. The number of hydrogen-bond donors (Lipinski definition) is 1. The molecule has 0 aliphatic heterocycles. The number of nitrogens with one attached hydrogen (secondary N) is 1. The van der Waals surface area contributed by atoms with Crippen molar-refractivity contribution in [3.05, 3.63) is 22.1 Å². The monoisotopic (exact) mass is 254 g/mol. The van der Waals surface area contributed by atoms with Crippen LogP contribution in [0.4, 0.5) is 0 Å². The summed E-state index contributed by atoms with van der Waals surface area (Å²) >= 11 is 5.91. The Labute approximate surface area is 103 Å². The molecule has 1 aromatic heterocycles. The van der Waals surface area contributed by atoms with Crippen molar-refractivity contribution < 1.29 is 9.59 Å². The highest BCUT2D eigenvalue weighted by Gasteiger charge is 2.36. The summed E-state index contributed by atoms with van der Waals surface area (Å²) in [5, 5.41) is 10.1. The number of aromatic nitrogens is 3. The van der Waals surface area contributed by atoms with Gasteiger partial charge in [0.25, 0.3) is 0 Å². The topological polar surface area (TPSA) is 76.9 Å². The van der Waals surface area contributed by atoms with Crippen molar-refractivity contribution in [2.24, 2.45) is 7.05 Å². The fraction of sp³-hybridized carbons (Fsp3) is 0.400. The molecule has 1 heterocycles. The van der Waals surface area contributed by atoms with Crippen molar-refractivity contribution >= 4 is 23.2 Å². The van der Waals surface area contributed by atoms with E-state index >= 15 is 0 Å². The van der Waals surface area contributed by atoms with E-state index in [2.05, 4.69) is 15.6 Å². The fourth-order valence-corrected chi connectivity index (χ4v) is 1.85. The van der Waals surface area contributed by atoms with Gasteiger partial charge in [0.2, 0.25) is 11.6 Å². The van der Waals surface area contributed by atoms with Gasteiger partial charge in [-0.05, 0) is 13.8 Å². The molecular weight excluding hydrogens is 244 g/mol. The molecule has 0 aromatic carbocycles. The molecule has 1 aromatic rings. The normalized spacial score (nSPS) is 15.6. The molecule has 2 rings (SSSR count). The van der Waals surface area contributed by atoms with Crippen LogP contribution < -0.4 is 5.32 Å². The average Bonchev–Trinajstić information content (AvgIpc) is 2.63. The average molecular weight is 255 g/mol. The highest BCUT2D eigenvalue weighted by molar-refractivity contribution is 6.49. The van der Waals surface area contributed by atoms with Gasteiger partial charge in [-0.1, -0.05) is 16.8 Å². The minimum Gasteiger partial charge on any atom is -0.378 e. The number of ketones is 2. The lowest BCUT2D eigenvalue weighted by Gasteiger charge is -2.17. The second-order valence-electron chi connectivity index (χ2n) is 4.06. The van der Waals surface area contributed by atoms with E-state index in [1.54, 1.807) is 7.05 Å². The van der Waals surface area contributed by atoms with E-state index in [0.29, 0.717) is 0 Å². The lowest BCUT2D eigenvalue weighted by Crippen LogP contribution is -2.33. The molecule has 0 amide bonds. The van der Waals surface area contributed by atoms with E-state index in [1.165, 1.54) is 4.68 Å². The Balaban J connectivity index is 2.55. The quantitative estimate of drug-likeness (QED) is 0.838. The van der Waals surface area contributed by atoms with Crippen molar-refractivity contribution in [2.75, 3.05) is 0 Å². The summed E-state index contributed by atoms with van der Waals surface area (Å²) in [6.45, 7) is 3.70. The zero-order chi connectivity index (χ0) is 12.7. The van der Waals surface area contributed by atoms with E-state index in [-0.39, 0.29) is 28.2 Å². The lowest BCUT2D eigenvalue weighted by atomic mass is 10.0. The zero-order valence-corrected chi connectivity index (χ0v) is 10.4. The highest BCUT2D eigenvalue weighted by Crippen LogP contribution is 2.25. The third-order valence-electron chi connectivity index (χ3n) is 2.34. The third kappa shape index (κ3) is 1.74. The Morgan fingerprint density at radius 3 is 2.53 bits per heavy atom. The van der Waals surface area contributed by atoms with Crippen LogP contribution in [0.3, 0.4) is 0 Å². The summed E-state index contributed by atoms with van der Waals surface area (Å²) < 4.78 is 1.25. The van der Waals surface area contributed by atoms with Crippen molar-refractivity contribution in [3.63, 3.8) is 0 Å². The molecule has 0 bridgehead atoms. The number of aryl methyl sites for hydroxylation is 1.